The molecule has 1 aromatic carbocycles. The Bertz CT molecular complexity index is 500. The molecule has 1 atom stereocenters. The van der Waals surface area contributed by atoms with Crippen molar-refractivity contribution in [3.63, 3.8) is 0 Å². The van der Waals surface area contributed by atoms with Gasteiger partial charge in [-0.3, -0.25) is 4.85 Å². The number of halogens is 4. The van der Waals surface area contributed by atoms with Gasteiger partial charge in [0.05, 0.1) is 0 Å². The van der Waals surface area contributed by atoms with Gasteiger partial charge in [-0.05, 0) is 25.1 Å². The highest BCUT2D eigenvalue weighted by molar-refractivity contribution is 9.10. The Morgan fingerprint density at radius 3 is 2.68 bits per heavy atom. The number of rotatable bonds is 5. The third kappa shape index (κ3) is 3.47. The second-order valence-electron chi connectivity index (χ2n) is 4.17. The summed E-state index contributed by atoms with van der Waals surface area (Å²) in [7, 11) is 0. The van der Waals surface area contributed by atoms with E-state index in [2.05, 4.69) is 25.5 Å². The van der Waals surface area contributed by atoms with Gasteiger partial charge in [-0.2, -0.15) is 0 Å². The van der Waals surface area contributed by atoms with Gasteiger partial charge in [0.2, 0.25) is 0 Å². The van der Waals surface area contributed by atoms with Crippen LogP contribution in [0, 0.1) is 12.4 Å². The highest BCUT2D eigenvalue weighted by Gasteiger charge is 2.50. The number of nitrogens with two attached hydrogens (primary N) is 1. The first-order chi connectivity index (χ1) is 8.72. The number of nitrogens with zero attached hydrogens (tertiary/aromatic N) is 1. The first kappa shape index (κ1) is 16.0. The van der Waals surface area contributed by atoms with E-state index < -0.39 is 30.6 Å². The number of alkyl halides is 2. The van der Waals surface area contributed by atoms with Gasteiger partial charge in [0, 0.05) is 10.0 Å². The van der Waals surface area contributed by atoms with E-state index in [0.29, 0.717) is 4.47 Å². The normalized spacial score (nSPS) is 14.8. The lowest BCUT2D eigenvalue weighted by molar-refractivity contribution is -0.124. The zero-order chi connectivity index (χ0) is 14.7. The van der Waals surface area contributed by atoms with E-state index in [1.165, 1.54) is 12.1 Å². The zero-order valence-electron chi connectivity index (χ0n) is 10.1. The first-order valence-electron chi connectivity index (χ1n) is 5.25. The van der Waals surface area contributed by atoms with E-state index in [9.17, 15) is 13.2 Å². The predicted molar refractivity (Wildman–Crippen MR) is 68.0 cm³/mol. The smallest absolute Gasteiger partial charge is 0.317 e. The standard InChI is InChI=1S/C12H12BrF3N2O/c1-11(17,12(15,16)6-19-7-18-2)9-5-8(13)3-4-10(9)14/h3-5H,6-7,17H2,1H3/t11-/m1/s1. The van der Waals surface area contributed by atoms with Gasteiger partial charge in [0.15, 0.2) is 0 Å². The van der Waals surface area contributed by atoms with E-state index >= 15 is 0 Å². The minimum Gasteiger partial charge on any atom is -0.317 e. The molecule has 0 heterocycles. The van der Waals surface area contributed by atoms with Gasteiger partial charge in [0.1, 0.15) is 18.0 Å². The van der Waals surface area contributed by atoms with Crippen LogP contribution in [0.5, 0.6) is 0 Å². The lowest BCUT2D eigenvalue weighted by Gasteiger charge is -2.34. The van der Waals surface area contributed by atoms with Crippen LogP contribution in [0.3, 0.4) is 0 Å². The molecule has 104 valence electrons. The maximum Gasteiger partial charge on any atom is 0.318 e. The topological polar surface area (TPSA) is 39.6 Å². The average molecular weight is 337 g/mol. The molecule has 19 heavy (non-hydrogen) atoms. The van der Waals surface area contributed by atoms with E-state index in [1.807, 2.05) is 0 Å². The maximum absolute atomic E-state index is 14.0. The summed E-state index contributed by atoms with van der Waals surface area (Å²) in [6.07, 6.45) is 0. The van der Waals surface area contributed by atoms with Gasteiger partial charge in [-0.15, -0.1) is 0 Å². The molecule has 0 aromatic heterocycles. The summed E-state index contributed by atoms with van der Waals surface area (Å²) in [5.74, 6) is -4.34. The number of benzene rings is 1. The molecule has 3 nitrogen and oxygen atoms in total. The SMILES string of the molecule is [C-]#[N+]COCC(F)(F)[C@](C)(N)c1cc(Br)ccc1F. The lowest BCUT2D eigenvalue weighted by atomic mass is 9.86. The third-order valence-corrected chi connectivity index (χ3v) is 3.18. The Balaban J connectivity index is 3.07. The Labute approximate surface area is 117 Å². The van der Waals surface area contributed by atoms with Crippen LogP contribution in [-0.4, -0.2) is 19.3 Å². The summed E-state index contributed by atoms with van der Waals surface area (Å²) in [6, 6.07) is 3.65. The summed E-state index contributed by atoms with van der Waals surface area (Å²) in [4.78, 5) is 2.80. The van der Waals surface area contributed by atoms with Crippen LogP contribution >= 0.6 is 15.9 Å². The largest absolute Gasteiger partial charge is 0.318 e. The predicted octanol–water partition coefficient (Wildman–Crippen LogP) is 3.29. The molecule has 0 amide bonds. The molecule has 1 aromatic rings. The first-order valence-corrected chi connectivity index (χ1v) is 6.05. The number of hydrogen-bond acceptors (Lipinski definition) is 2. The summed E-state index contributed by atoms with van der Waals surface area (Å²) in [5.41, 5.74) is 3.03. The zero-order valence-corrected chi connectivity index (χ0v) is 11.7. The van der Waals surface area contributed by atoms with Crippen LogP contribution in [0.25, 0.3) is 4.85 Å². The van der Waals surface area contributed by atoms with Gasteiger partial charge in [-0.25, -0.2) is 19.7 Å². The number of ether oxygens (including phenoxy) is 1. The van der Waals surface area contributed by atoms with E-state index in [1.54, 1.807) is 0 Å². The lowest BCUT2D eigenvalue weighted by Crippen LogP contribution is -2.53. The van der Waals surface area contributed by atoms with Crippen molar-refractivity contribution in [3.05, 3.63) is 45.5 Å². The van der Waals surface area contributed by atoms with Gasteiger partial charge in [-0.1, -0.05) is 15.9 Å². The molecule has 0 fully saturated rings. The average Bonchev–Trinajstić information content (AvgIpc) is 2.32. The highest BCUT2D eigenvalue weighted by atomic mass is 79.9. The fourth-order valence-electron chi connectivity index (χ4n) is 1.46. The molecule has 1 rings (SSSR count). The van der Waals surface area contributed by atoms with Crippen molar-refractivity contribution in [2.75, 3.05) is 13.3 Å². The Morgan fingerprint density at radius 1 is 1.47 bits per heavy atom. The minimum absolute atomic E-state index is 0.321. The van der Waals surface area contributed by atoms with Crippen molar-refractivity contribution in [2.24, 2.45) is 5.73 Å². The van der Waals surface area contributed by atoms with Crippen LogP contribution in [0.1, 0.15) is 12.5 Å². The van der Waals surface area contributed by atoms with Crippen molar-refractivity contribution in [3.8, 4) is 0 Å². The van der Waals surface area contributed by atoms with Crippen molar-refractivity contribution in [1.29, 1.82) is 0 Å². The van der Waals surface area contributed by atoms with Gasteiger partial charge < -0.3 is 10.5 Å². The molecule has 0 bridgehead atoms. The summed E-state index contributed by atoms with van der Waals surface area (Å²) in [6.45, 7) is 5.94. The van der Waals surface area contributed by atoms with Crippen molar-refractivity contribution in [2.45, 2.75) is 18.4 Å². The van der Waals surface area contributed by atoms with Crippen LogP contribution < -0.4 is 5.73 Å². The second kappa shape index (κ2) is 5.90. The molecule has 0 aliphatic rings. The number of hydrogen-bond donors (Lipinski definition) is 1. The van der Waals surface area contributed by atoms with Crippen LogP contribution in [0.2, 0.25) is 0 Å². The third-order valence-electron chi connectivity index (χ3n) is 2.69. The molecule has 0 saturated carbocycles. The fraction of sp³-hybridized carbons (Fsp3) is 0.417. The monoisotopic (exact) mass is 336 g/mol. The molecule has 0 aliphatic heterocycles. The second-order valence-corrected chi connectivity index (χ2v) is 5.08. The maximum atomic E-state index is 14.0. The minimum atomic E-state index is -3.51. The van der Waals surface area contributed by atoms with E-state index in [-0.39, 0.29) is 5.56 Å². The van der Waals surface area contributed by atoms with Crippen LogP contribution in [-0.2, 0) is 10.3 Å². The summed E-state index contributed by atoms with van der Waals surface area (Å²) in [5, 5.41) is 0. The summed E-state index contributed by atoms with van der Waals surface area (Å²) < 4.78 is 46.6. The van der Waals surface area contributed by atoms with Gasteiger partial charge >= 0.3 is 6.73 Å². The van der Waals surface area contributed by atoms with Gasteiger partial charge in [0.25, 0.3) is 5.92 Å². The molecule has 2 N–H and O–H groups in total. The molecule has 7 heteroatoms. The molecular formula is C12H12BrF3N2O. The van der Waals surface area contributed by atoms with Crippen LogP contribution in [0.4, 0.5) is 13.2 Å². The van der Waals surface area contributed by atoms with Crippen LogP contribution in [0.15, 0.2) is 22.7 Å². The molecule has 0 saturated heterocycles. The Hall–Kier alpha value is -1.10. The molecule has 0 unspecified atom stereocenters. The molecule has 0 radical (unpaired) electrons. The molecule has 0 spiro atoms. The summed E-state index contributed by atoms with van der Waals surface area (Å²) >= 11 is 3.08. The fourth-order valence-corrected chi connectivity index (χ4v) is 1.82. The van der Waals surface area contributed by atoms with E-state index in [4.69, 9.17) is 12.3 Å². The highest BCUT2D eigenvalue weighted by Crippen LogP contribution is 2.37. The Kier molecular flexibility index (Phi) is 4.96. The quantitative estimate of drug-likeness (QED) is 0.662. The van der Waals surface area contributed by atoms with Crippen molar-refractivity contribution in [1.82, 2.24) is 0 Å². The molecule has 0 aliphatic carbocycles. The van der Waals surface area contributed by atoms with E-state index in [0.717, 1.165) is 13.0 Å². The Morgan fingerprint density at radius 2 is 2.11 bits per heavy atom. The molecular weight excluding hydrogens is 325 g/mol. The van der Waals surface area contributed by atoms with Crippen molar-refractivity contribution >= 4 is 15.9 Å². The van der Waals surface area contributed by atoms with Crippen molar-refractivity contribution < 1.29 is 17.9 Å².